The minimum absolute atomic E-state index is 1.12. The van der Waals surface area contributed by atoms with Crippen LogP contribution in [0.2, 0.25) is 0 Å². The van der Waals surface area contributed by atoms with Crippen molar-refractivity contribution < 1.29 is 0 Å². The molecule has 0 saturated heterocycles. The molecule has 0 nitrogen and oxygen atoms in total. The number of benzene rings is 2. The van der Waals surface area contributed by atoms with E-state index >= 15 is 0 Å². The topological polar surface area (TPSA) is 0 Å². The van der Waals surface area contributed by atoms with E-state index in [1.165, 1.54) is 33.4 Å². The van der Waals surface area contributed by atoms with Crippen LogP contribution in [0.1, 0.15) is 29.2 Å². The van der Waals surface area contributed by atoms with Gasteiger partial charge in [0.05, 0.1) is 0 Å². The third-order valence-corrected chi connectivity index (χ3v) is 3.40. The van der Waals surface area contributed by atoms with Crippen LogP contribution in [0.25, 0.3) is 11.1 Å². The van der Waals surface area contributed by atoms with E-state index in [2.05, 4.69) is 64.1 Å². The minimum Gasteiger partial charge on any atom is -0.0614 e. The number of rotatable bonds is 2. The van der Waals surface area contributed by atoms with E-state index in [1.54, 1.807) is 0 Å². The first-order valence-electron chi connectivity index (χ1n) is 6.29. The van der Waals surface area contributed by atoms with Crippen LogP contribution in [0, 0.1) is 20.8 Å². The van der Waals surface area contributed by atoms with Crippen LogP contribution in [0.4, 0.5) is 0 Å². The van der Waals surface area contributed by atoms with Gasteiger partial charge in [0, 0.05) is 0 Å². The predicted molar refractivity (Wildman–Crippen MR) is 75.5 cm³/mol. The summed E-state index contributed by atoms with van der Waals surface area (Å²) in [7, 11) is 0. The van der Waals surface area contributed by atoms with Crippen LogP contribution in [0.15, 0.2) is 36.4 Å². The molecule has 0 heterocycles. The van der Waals surface area contributed by atoms with Crippen molar-refractivity contribution in [1.82, 2.24) is 0 Å². The zero-order valence-electron chi connectivity index (χ0n) is 11.2. The van der Waals surface area contributed by atoms with E-state index in [4.69, 9.17) is 0 Å². The summed E-state index contributed by atoms with van der Waals surface area (Å²) in [5, 5.41) is 0. The Morgan fingerprint density at radius 1 is 0.824 bits per heavy atom. The Morgan fingerprint density at radius 2 is 1.47 bits per heavy atom. The van der Waals surface area contributed by atoms with Gasteiger partial charge >= 0.3 is 0 Å². The van der Waals surface area contributed by atoms with Gasteiger partial charge in [-0.3, -0.25) is 0 Å². The molecule has 0 radical (unpaired) electrons. The lowest BCUT2D eigenvalue weighted by Crippen LogP contribution is -1.93. The van der Waals surface area contributed by atoms with E-state index in [-0.39, 0.29) is 0 Å². The van der Waals surface area contributed by atoms with Gasteiger partial charge in [0.2, 0.25) is 0 Å². The Labute approximate surface area is 104 Å². The molecule has 0 atom stereocenters. The van der Waals surface area contributed by atoms with Gasteiger partial charge in [-0.15, -0.1) is 0 Å². The van der Waals surface area contributed by atoms with Crippen molar-refractivity contribution >= 4 is 0 Å². The van der Waals surface area contributed by atoms with E-state index in [1.807, 2.05) is 0 Å². The van der Waals surface area contributed by atoms with Crippen LogP contribution in [-0.2, 0) is 6.42 Å². The Balaban J connectivity index is 2.54. The SMILES string of the molecule is CCc1c(C)cc(-c2cccc(C)c2)cc1C. The highest BCUT2D eigenvalue weighted by atomic mass is 14.1. The average Bonchev–Trinajstić information content (AvgIpc) is 2.28. The molecule has 0 aliphatic rings. The highest BCUT2D eigenvalue weighted by Crippen LogP contribution is 2.26. The maximum Gasteiger partial charge on any atom is -0.0178 e. The highest BCUT2D eigenvalue weighted by Gasteiger charge is 2.05. The van der Waals surface area contributed by atoms with Crippen LogP contribution in [0.3, 0.4) is 0 Å². The third-order valence-electron chi connectivity index (χ3n) is 3.40. The molecule has 0 fully saturated rings. The Hall–Kier alpha value is -1.56. The van der Waals surface area contributed by atoms with Gasteiger partial charge in [0.25, 0.3) is 0 Å². The third kappa shape index (κ3) is 2.41. The van der Waals surface area contributed by atoms with E-state index < -0.39 is 0 Å². The molecule has 2 aromatic rings. The molecule has 0 heteroatoms. The van der Waals surface area contributed by atoms with Gasteiger partial charge in [-0.05, 0) is 55.0 Å². The maximum absolute atomic E-state index is 2.31. The molecule has 0 aliphatic heterocycles. The quantitative estimate of drug-likeness (QED) is 0.684. The van der Waals surface area contributed by atoms with Gasteiger partial charge in [-0.2, -0.15) is 0 Å². The van der Waals surface area contributed by atoms with E-state index in [9.17, 15) is 0 Å². The van der Waals surface area contributed by atoms with Crippen molar-refractivity contribution in [3.63, 3.8) is 0 Å². The van der Waals surface area contributed by atoms with Crippen molar-refractivity contribution in [3.05, 3.63) is 58.7 Å². The summed E-state index contributed by atoms with van der Waals surface area (Å²) in [5.74, 6) is 0. The molecule has 0 aliphatic carbocycles. The average molecular weight is 224 g/mol. The molecule has 2 rings (SSSR count). The Bertz CT molecular complexity index is 512. The monoisotopic (exact) mass is 224 g/mol. The molecule has 17 heavy (non-hydrogen) atoms. The Morgan fingerprint density at radius 3 is 2.00 bits per heavy atom. The number of aryl methyl sites for hydroxylation is 3. The fourth-order valence-electron chi connectivity index (χ4n) is 2.54. The second-order valence-electron chi connectivity index (χ2n) is 4.81. The van der Waals surface area contributed by atoms with Crippen LogP contribution < -0.4 is 0 Å². The number of hydrogen-bond donors (Lipinski definition) is 0. The van der Waals surface area contributed by atoms with Crippen molar-refractivity contribution in [2.24, 2.45) is 0 Å². The van der Waals surface area contributed by atoms with Crippen LogP contribution in [-0.4, -0.2) is 0 Å². The van der Waals surface area contributed by atoms with E-state index in [0.717, 1.165) is 6.42 Å². The van der Waals surface area contributed by atoms with Gasteiger partial charge < -0.3 is 0 Å². The fourth-order valence-corrected chi connectivity index (χ4v) is 2.54. The van der Waals surface area contributed by atoms with E-state index in [0.29, 0.717) is 0 Å². The van der Waals surface area contributed by atoms with Gasteiger partial charge in [-0.1, -0.05) is 48.9 Å². The lowest BCUT2D eigenvalue weighted by atomic mass is 9.94. The summed E-state index contributed by atoms with van der Waals surface area (Å²) in [4.78, 5) is 0. The van der Waals surface area contributed by atoms with Gasteiger partial charge in [0.15, 0.2) is 0 Å². The molecule has 0 spiro atoms. The highest BCUT2D eigenvalue weighted by molar-refractivity contribution is 5.66. The van der Waals surface area contributed by atoms with Crippen LogP contribution >= 0.6 is 0 Å². The standard InChI is InChI=1S/C17H20/c1-5-17-13(3)10-16(11-14(17)4)15-8-6-7-12(2)9-15/h6-11H,5H2,1-4H3. The molecule has 0 N–H and O–H groups in total. The minimum atomic E-state index is 1.12. The number of hydrogen-bond acceptors (Lipinski definition) is 0. The first-order valence-corrected chi connectivity index (χ1v) is 6.29. The summed E-state index contributed by atoms with van der Waals surface area (Å²) in [6.07, 6.45) is 1.12. The summed E-state index contributed by atoms with van der Waals surface area (Å²) >= 11 is 0. The summed E-state index contributed by atoms with van der Waals surface area (Å²) in [5.41, 5.74) is 8.27. The molecule has 0 amide bonds. The van der Waals surface area contributed by atoms with Crippen molar-refractivity contribution in [2.45, 2.75) is 34.1 Å². The summed E-state index contributed by atoms with van der Waals surface area (Å²) in [6.45, 7) is 8.79. The maximum atomic E-state index is 2.31. The predicted octanol–water partition coefficient (Wildman–Crippen LogP) is 4.84. The molecule has 0 aromatic heterocycles. The molecule has 0 unspecified atom stereocenters. The zero-order chi connectivity index (χ0) is 12.4. The first-order chi connectivity index (χ1) is 8.11. The smallest absolute Gasteiger partial charge is 0.0178 e. The van der Waals surface area contributed by atoms with Crippen molar-refractivity contribution in [2.75, 3.05) is 0 Å². The fraction of sp³-hybridized carbons (Fsp3) is 0.294. The molecule has 2 aromatic carbocycles. The lowest BCUT2D eigenvalue weighted by Gasteiger charge is -2.11. The zero-order valence-corrected chi connectivity index (χ0v) is 11.2. The molecule has 88 valence electrons. The lowest BCUT2D eigenvalue weighted by molar-refractivity contribution is 1.08. The largest absolute Gasteiger partial charge is 0.0614 e. The molecule has 0 bridgehead atoms. The first kappa shape index (κ1) is 11.9. The van der Waals surface area contributed by atoms with Crippen LogP contribution in [0.5, 0.6) is 0 Å². The second-order valence-corrected chi connectivity index (χ2v) is 4.81. The molecule has 0 saturated carbocycles. The summed E-state index contributed by atoms with van der Waals surface area (Å²) in [6, 6.07) is 13.3. The van der Waals surface area contributed by atoms with Crippen molar-refractivity contribution in [3.8, 4) is 11.1 Å². The normalized spacial score (nSPS) is 10.6. The summed E-state index contributed by atoms with van der Waals surface area (Å²) < 4.78 is 0. The van der Waals surface area contributed by atoms with Gasteiger partial charge in [0.1, 0.15) is 0 Å². The Kier molecular flexibility index (Phi) is 3.33. The molecular formula is C17H20. The second kappa shape index (κ2) is 4.75. The molecular weight excluding hydrogens is 204 g/mol. The van der Waals surface area contributed by atoms with Crippen molar-refractivity contribution in [1.29, 1.82) is 0 Å². The van der Waals surface area contributed by atoms with Gasteiger partial charge in [-0.25, -0.2) is 0 Å².